The van der Waals surface area contributed by atoms with Crippen molar-refractivity contribution >= 4 is 12.6 Å². The van der Waals surface area contributed by atoms with Crippen LogP contribution in [-0.2, 0) is 0 Å². The predicted molar refractivity (Wildman–Crippen MR) is 50.8 cm³/mol. The van der Waals surface area contributed by atoms with E-state index in [9.17, 15) is 0 Å². The summed E-state index contributed by atoms with van der Waals surface area (Å²) in [6.45, 7) is 3.62. The van der Waals surface area contributed by atoms with Gasteiger partial charge in [-0.3, -0.25) is 0 Å². The van der Waals surface area contributed by atoms with E-state index in [1.807, 2.05) is 24.3 Å². The van der Waals surface area contributed by atoms with Crippen LogP contribution in [0.3, 0.4) is 0 Å². The van der Waals surface area contributed by atoms with Crippen LogP contribution in [0.5, 0.6) is 0 Å². The molecular formula is C9H11NS. The van der Waals surface area contributed by atoms with Crippen molar-refractivity contribution in [3.63, 3.8) is 0 Å². The molecule has 0 amide bonds. The fraction of sp³-hybridized carbons (Fsp3) is 0.111. The smallest absolute Gasteiger partial charge is 0.0478 e. The van der Waals surface area contributed by atoms with Crippen LogP contribution in [0.1, 0.15) is 11.6 Å². The minimum atomic E-state index is -0.0814. The van der Waals surface area contributed by atoms with Gasteiger partial charge in [-0.05, 0) is 17.7 Å². The summed E-state index contributed by atoms with van der Waals surface area (Å²) in [5, 5.41) is 0. The van der Waals surface area contributed by atoms with Gasteiger partial charge in [0.15, 0.2) is 0 Å². The molecule has 0 saturated heterocycles. The Labute approximate surface area is 72.3 Å². The van der Waals surface area contributed by atoms with Crippen molar-refractivity contribution in [2.24, 2.45) is 5.73 Å². The highest BCUT2D eigenvalue weighted by Crippen LogP contribution is 2.14. The van der Waals surface area contributed by atoms with Crippen LogP contribution < -0.4 is 5.73 Å². The second-order valence-corrected chi connectivity index (χ2v) is 2.87. The number of rotatable bonds is 2. The molecule has 1 aromatic rings. The van der Waals surface area contributed by atoms with E-state index < -0.39 is 0 Å². The van der Waals surface area contributed by atoms with Crippen molar-refractivity contribution in [3.05, 3.63) is 42.5 Å². The Kier molecular flexibility index (Phi) is 2.74. The highest BCUT2D eigenvalue weighted by molar-refractivity contribution is 7.80. The highest BCUT2D eigenvalue weighted by Gasteiger charge is 1.99. The average molecular weight is 165 g/mol. The van der Waals surface area contributed by atoms with Gasteiger partial charge in [0.25, 0.3) is 0 Å². The maximum absolute atomic E-state index is 5.71. The predicted octanol–water partition coefficient (Wildman–Crippen LogP) is 2.16. The van der Waals surface area contributed by atoms with Gasteiger partial charge in [0, 0.05) is 10.9 Å². The number of benzene rings is 1. The number of nitrogens with two attached hydrogens (primary N) is 1. The molecule has 1 aromatic carbocycles. The third kappa shape index (κ3) is 2.10. The zero-order valence-electron chi connectivity index (χ0n) is 6.20. The van der Waals surface area contributed by atoms with E-state index in [-0.39, 0.29) is 6.04 Å². The van der Waals surface area contributed by atoms with E-state index in [0.717, 1.165) is 10.5 Å². The molecule has 0 spiro atoms. The van der Waals surface area contributed by atoms with Crippen molar-refractivity contribution in [3.8, 4) is 0 Å². The van der Waals surface area contributed by atoms with Crippen molar-refractivity contribution in [2.45, 2.75) is 10.9 Å². The molecule has 0 fully saturated rings. The largest absolute Gasteiger partial charge is 0.321 e. The molecule has 0 radical (unpaired) electrons. The standard InChI is InChI=1S/C9H11NS/c1-2-9(10)7-4-3-5-8(11)6-7/h2-6,9,11H,1,10H2. The van der Waals surface area contributed by atoms with Crippen LogP contribution >= 0.6 is 12.6 Å². The molecule has 11 heavy (non-hydrogen) atoms. The Morgan fingerprint density at radius 3 is 2.82 bits per heavy atom. The quantitative estimate of drug-likeness (QED) is 0.509. The van der Waals surface area contributed by atoms with Crippen molar-refractivity contribution < 1.29 is 0 Å². The maximum Gasteiger partial charge on any atom is 0.0478 e. The van der Waals surface area contributed by atoms with E-state index in [1.165, 1.54) is 0 Å². The van der Waals surface area contributed by atoms with Crippen LogP contribution in [0, 0.1) is 0 Å². The zero-order chi connectivity index (χ0) is 8.27. The summed E-state index contributed by atoms with van der Waals surface area (Å²) in [7, 11) is 0. The topological polar surface area (TPSA) is 26.0 Å². The minimum Gasteiger partial charge on any atom is -0.321 e. The van der Waals surface area contributed by atoms with Gasteiger partial charge in [-0.25, -0.2) is 0 Å². The molecule has 0 aromatic heterocycles. The fourth-order valence-electron chi connectivity index (χ4n) is 0.868. The molecule has 1 atom stereocenters. The first kappa shape index (κ1) is 8.37. The first-order valence-corrected chi connectivity index (χ1v) is 3.86. The molecule has 0 bridgehead atoms. The molecule has 0 saturated carbocycles. The third-order valence-corrected chi connectivity index (χ3v) is 1.79. The summed E-state index contributed by atoms with van der Waals surface area (Å²) in [4.78, 5) is 0.930. The summed E-state index contributed by atoms with van der Waals surface area (Å²) < 4.78 is 0. The van der Waals surface area contributed by atoms with Crippen LogP contribution in [0.4, 0.5) is 0 Å². The van der Waals surface area contributed by atoms with E-state index >= 15 is 0 Å². The summed E-state index contributed by atoms with van der Waals surface area (Å²) in [6, 6.07) is 7.67. The van der Waals surface area contributed by atoms with Gasteiger partial charge >= 0.3 is 0 Å². The Morgan fingerprint density at radius 1 is 1.55 bits per heavy atom. The van der Waals surface area contributed by atoms with Gasteiger partial charge in [0.1, 0.15) is 0 Å². The minimum absolute atomic E-state index is 0.0814. The molecule has 1 unspecified atom stereocenters. The maximum atomic E-state index is 5.71. The van der Waals surface area contributed by atoms with E-state index in [0.29, 0.717) is 0 Å². The van der Waals surface area contributed by atoms with Gasteiger partial charge in [-0.2, -0.15) is 0 Å². The fourth-order valence-corrected chi connectivity index (χ4v) is 1.10. The summed E-state index contributed by atoms with van der Waals surface area (Å²) >= 11 is 4.20. The molecular weight excluding hydrogens is 154 g/mol. The molecule has 2 heteroatoms. The Morgan fingerprint density at radius 2 is 2.27 bits per heavy atom. The van der Waals surface area contributed by atoms with Crippen molar-refractivity contribution in [1.82, 2.24) is 0 Å². The lowest BCUT2D eigenvalue weighted by Crippen LogP contribution is -2.05. The number of hydrogen-bond acceptors (Lipinski definition) is 2. The van der Waals surface area contributed by atoms with Crippen LogP contribution in [0.25, 0.3) is 0 Å². The average Bonchev–Trinajstić information content (AvgIpc) is 2.03. The van der Waals surface area contributed by atoms with Crippen molar-refractivity contribution in [1.29, 1.82) is 0 Å². The summed E-state index contributed by atoms with van der Waals surface area (Å²) in [5.74, 6) is 0. The number of thiol groups is 1. The van der Waals surface area contributed by atoms with Crippen molar-refractivity contribution in [2.75, 3.05) is 0 Å². The lowest BCUT2D eigenvalue weighted by molar-refractivity contribution is 0.909. The molecule has 1 rings (SSSR count). The van der Waals surface area contributed by atoms with Gasteiger partial charge in [-0.1, -0.05) is 18.2 Å². The van der Waals surface area contributed by atoms with Gasteiger partial charge < -0.3 is 5.73 Å². The van der Waals surface area contributed by atoms with Crippen LogP contribution in [0.2, 0.25) is 0 Å². The Bertz CT molecular complexity index is 257. The Balaban J connectivity index is 2.95. The SMILES string of the molecule is C=CC(N)c1cccc(S)c1. The first-order chi connectivity index (χ1) is 5.24. The third-order valence-electron chi connectivity index (χ3n) is 1.51. The van der Waals surface area contributed by atoms with Gasteiger partial charge in [0.2, 0.25) is 0 Å². The highest BCUT2D eigenvalue weighted by atomic mass is 32.1. The van der Waals surface area contributed by atoms with E-state index in [2.05, 4.69) is 19.2 Å². The second kappa shape index (κ2) is 3.60. The molecule has 0 heterocycles. The molecule has 0 aliphatic heterocycles. The first-order valence-electron chi connectivity index (χ1n) is 3.41. The normalized spacial score (nSPS) is 12.5. The molecule has 1 nitrogen and oxygen atoms in total. The number of hydrogen-bond donors (Lipinski definition) is 2. The van der Waals surface area contributed by atoms with E-state index in [4.69, 9.17) is 5.73 Å². The Hall–Kier alpha value is -0.730. The second-order valence-electron chi connectivity index (χ2n) is 2.36. The van der Waals surface area contributed by atoms with Crippen LogP contribution in [0.15, 0.2) is 41.8 Å². The lowest BCUT2D eigenvalue weighted by atomic mass is 10.1. The molecule has 0 aliphatic rings. The van der Waals surface area contributed by atoms with Crippen LogP contribution in [-0.4, -0.2) is 0 Å². The van der Waals surface area contributed by atoms with Gasteiger partial charge in [-0.15, -0.1) is 19.2 Å². The van der Waals surface area contributed by atoms with E-state index in [1.54, 1.807) is 6.08 Å². The zero-order valence-corrected chi connectivity index (χ0v) is 7.09. The summed E-state index contributed by atoms with van der Waals surface area (Å²) in [6.07, 6.45) is 1.71. The monoisotopic (exact) mass is 165 g/mol. The molecule has 0 aliphatic carbocycles. The lowest BCUT2D eigenvalue weighted by Gasteiger charge is -2.05. The molecule has 58 valence electrons. The molecule has 2 N–H and O–H groups in total. The van der Waals surface area contributed by atoms with Gasteiger partial charge in [0.05, 0.1) is 0 Å². The summed E-state index contributed by atoms with van der Waals surface area (Å²) in [5.41, 5.74) is 6.76.